The first-order valence-corrected chi connectivity index (χ1v) is 10.8. The molecule has 2 amide bonds. The van der Waals surface area contributed by atoms with E-state index in [0.29, 0.717) is 20.7 Å². The number of aliphatic carboxylic acids is 1. The molecular formula is C23H18Cl2N3O7-. The monoisotopic (exact) mass is 518 g/mol. The fourth-order valence-corrected chi connectivity index (χ4v) is 3.62. The predicted octanol–water partition coefficient (Wildman–Crippen LogP) is 1.02. The summed E-state index contributed by atoms with van der Waals surface area (Å²) in [7, 11) is 0. The Morgan fingerprint density at radius 3 is 2.29 bits per heavy atom. The molecule has 0 radical (unpaired) electrons. The molecule has 0 fully saturated rings. The first-order valence-electron chi connectivity index (χ1n) is 10.0. The highest BCUT2D eigenvalue weighted by Gasteiger charge is 2.30. The van der Waals surface area contributed by atoms with Gasteiger partial charge in [-0.15, -0.1) is 0 Å². The number of pyridine rings is 1. The van der Waals surface area contributed by atoms with E-state index in [4.69, 9.17) is 23.2 Å². The number of amides is 2. The minimum Gasteiger partial charge on any atom is -0.548 e. The topological polar surface area (TPSA) is 161 Å². The van der Waals surface area contributed by atoms with E-state index in [2.05, 4.69) is 5.32 Å². The number of halogens is 2. The van der Waals surface area contributed by atoms with Gasteiger partial charge in [-0.2, -0.15) is 0 Å². The summed E-state index contributed by atoms with van der Waals surface area (Å²) in [5.74, 6) is -5.99. The van der Waals surface area contributed by atoms with Crippen LogP contribution in [0, 0.1) is 0 Å². The molecule has 4 N–H and O–H groups in total. The lowest BCUT2D eigenvalue weighted by molar-refractivity contribution is -0.303. The number of nitrogens with one attached hydrogen (secondary N) is 2. The highest BCUT2D eigenvalue weighted by atomic mass is 35.5. The molecule has 12 heteroatoms. The van der Waals surface area contributed by atoms with Gasteiger partial charge in [0, 0.05) is 16.6 Å². The van der Waals surface area contributed by atoms with Gasteiger partial charge in [0.15, 0.2) is 5.75 Å². The van der Waals surface area contributed by atoms with Crippen LogP contribution in [0.25, 0.3) is 0 Å². The number of nitrogens with zero attached hydrogens (tertiary/aromatic N) is 1. The molecule has 0 aliphatic heterocycles. The van der Waals surface area contributed by atoms with Crippen LogP contribution in [0.5, 0.6) is 11.6 Å². The van der Waals surface area contributed by atoms with Gasteiger partial charge in [-0.3, -0.25) is 19.0 Å². The maximum atomic E-state index is 13.0. The molecule has 1 aromatic heterocycles. The Labute approximate surface area is 208 Å². The van der Waals surface area contributed by atoms with Crippen molar-refractivity contribution in [3.8, 4) is 11.6 Å². The molecule has 10 nitrogen and oxygen atoms in total. The number of aromatic hydroxyl groups is 2. The molecule has 2 aromatic carbocycles. The van der Waals surface area contributed by atoms with Crippen LogP contribution in [0.3, 0.4) is 0 Å². The van der Waals surface area contributed by atoms with Crippen LogP contribution in [0.1, 0.15) is 31.8 Å². The van der Waals surface area contributed by atoms with Crippen molar-refractivity contribution in [2.75, 3.05) is 6.54 Å². The van der Waals surface area contributed by atoms with Crippen molar-refractivity contribution in [3.63, 3.8) is 0 Å². The number of hydrogen-bond donors (Lipinski definition) is 4. The molecule has 0 bridgehead atoms. The average molecular weight is 519 g/mol. The third-order valence-corrected chi connectivity index (χ3v) is 5.49. The summed E-state index contributed by atoms with van der Waals surface area (Å²) in [5.41, 5.74) is -1.92. The summed E-state index contributed by atoms with van der Waals surface area (Å²) in [6.07, 6.45) is 0. The first-order chi connectivity index (χ1) is 16.6. The summed E-state index contributed by atoms with van der Waals surface area (Å²) < 4.78 is 0.670. The number of carbonyl (C=O) groups excluding carboxylic acids is 3. The summed E-state index contributed by atoms with van der Waals surface area (Å²) in [4.78, 5) is 49.2. The second kappa shape index (κ2) is 10.9. The van der Waals surface area contributed by atoms with Gasteiger partial charge in [0.25, 0.3) is 17.4 Å². The van der Waals surface area contributed by atoms with Gasteiger partial charge in [-0.25, -0.2) is 0 Å². The van der Waals surface area contributed by atoms with E-state index >= 15 is 0 Å². The second-order valence-corrected chi connectivity index (χ2v) is 8.12. The SMILES string of the molecule is O=C([O-])CNC(=O)c1c(O)c(C(=O)NCc2cccc(Cl)c2)c(O)n(Cc2ccccc2Cl)c1=O. The van der Waals surface area contributed by atoms with E-state index in [-0.39, 0.29) is 18.1 Å². The van der Waals surface area contributed by atoms with Crippen LogP contribution in [-0.4, -0.2) is 39.1 Å². The van der Waals surface area contributed by atoms with Crippen LogP contribution >= 0.6 is 23.2 Å². The van der Waals surface area contributed by atoms with E-state index in [1.165, 1.54) is 6.07 Å². The molecule has 35 heavy (non-hydrogen) atoms. The van der Waals surface area contributed by atoms with E-state index in [0.717, 1.165) is 0 Å². The molecule has 1 heterocycles. The number of carboxylic acid groups (broad SMARTS) is 1. The Hall–Kier alpha value is -4.02. The van der Waals surface area contributed by atoms with Crippen molar-refractivity contribution in [3.05, 3.63) is 91.2 Å². The predicted molar refractivity (Wildman–Crippen MR) is 125 cm³/mol. The average Bonchev–Trinajstić information content (AvgIpc) is 2.80. The molecular weight excluding hydrogens is 501 g/mol. The minimum atomic E-state index is -1.65. The molecule has 0 saturated heterocycles. The number of carboxylic acids is 1. The highest BCUT2D eigenvalue weighted by molar-refractivity contribution is 6.31. The first kappa shape index (κ1) is 25.6. The van der Waals surface area contributed by atoms with Gasteiger partial charge in [-0.1, -0.05) is 53.5 Å². The number of aromatic nitrogens is 1. The van der Waals surface area contributed by atoms with Crippen LogP contribution in [-0.2, 0) is 17.9 Å². The number of rotatable bonds is 8. The van der Waals surface area contributed by atoms with Gasteiger partial charge in [0.2, 0.25) is 5.88 Å². The lowest BCUT2D eigenvalue weighted by atomic mass is 10.1. The van der Waals surface area contributed by atoms with E-state index in [9.17, 15) is 34.5 Å². The van der Waals surface area contributed by atoms with E-state index in [1.54, 1.807) is 42.5 Å². The normalized spacial score (nSPS) is 10.6. The summed E-state index contributed by atoms with van der Waals surface area (Å²) in [6, 6.07) is 12.9. The zero-order valence-corrected chi connectivity index (χ0v) is 19.4. The zero-order valence-electron chi connectivity index (χ0n) is 17.9. The summed E-state index contributed by atoms with van der Waals surface area (Å²) >= 11 is 12.1. The van der Waals surface area contributed by atoms with Gasteiger partial charge in [-0.05, 0) is 29.3 Å². The lowest BCUT2D eigenvalue weighted by Crippen LogP contribution is -2.41. The second-order valence-electron chi connectivity index (χ2n) is 7.27. The lowest BCUT2D eigenvalue weighted by Gasteiger charge is -2.17. The fraction of sp³-hybridized carbons (Fsp3) is 0.130. The molecule has 0 aliphatic carbocycles. The van der Waals surface area contributed by atoms with Gasteiger partial charge < -0.3 is 30.7 Å². The van der Waals surface area contributed by atoms with Crippen molar-refractivity contribution < 1.29 is 29.7 Å². The summed E-state index contributed by atoms with van der Waals surface area (Å²) in [6.45, 7) is -1.38. The third-order valence-electron chi connectivity index (χ3n) is 4.89. The summed E-state index contributed by atoms with van der Waals surface area (Å²) in [5, 5.41) is 37.2. The van der Waals surface area contributed by atoms with E-state index in [1.807, 2.05) is 5.32 Å². The number of hydrogen-bond acceptors (Lipinski definition) is 7. The molecule has 0 aliphatic rings. The van der Waals surface area contributed by atoms with Crippen LogP contribution in [0.4, 0.5) is 0 Å². The molecule has 182 valence electrons. The van der Waals surface area contributed by atoms with Crippen molar-refractivity contribution in [1.82, 2.24) is 15.2 Å². The van der Waals surface area contributed by atoms with Crippen LogP contribution in [0.15, 0.2) is 53.3 Å². The third kappa shape index (κ3) is 5.92. The fourth-order valence-electron chi connectivity index (χ4n) is 3.21. The maximum absolute atomic E-state index is 13.0. The Kier molecular flexibility index (Phi) is 8.00. The Bertz CT molecular complexity index is 1370. The van der Waals surface area contributed by atoms with Gasteiger partial charge in [0.1, 0.15) is 11.1 Å². The van der Waals surface area contributed by atoms with Crippen molar-refractivity contribution in [1.29, 1.82) is 0 Å². The van der Waals surface area contributed by atoms with Gasteiger partial charge in [0.05, 0.1) is 19.1 Å². The highest BCUT2D eigenvalue weighted by Crippen LogP contribution is 2.29. The molecule has 0 unspecified atom stereocenters. The van der Waals surface area contributed by atoms with E-state index < -0.39 is 52.6 Å². The van der Waals surface area contributed by atoms with Crippen LogP contribution in [0.2, 0.25) is 10.0 Å². The maximum Gasteiger partial charge on any atom is 0.270 e. The zero-order chi connectivity index (χ0) is 25.7. The van der Waals surface area contributed by atoms with Gasteiger partial charge >= 0.3 is 0 Å². The Balaban J connectivity index is 2.08. The number of benzene rings is 2. The largest absolute Gasteiger partial charge is 0.548 e. The molecule has 0 atom stereocenters. The molecule has 3 rings (SSSR count). The minimum absolute atomic E-state index is 0.0614. The smallest absolute Gasteiger partial charge is 0.270 e. The van der Waals surface area contributed by atoms with Crippen molar-refractivity contribution in [2.45, 2.75) is 13.1 Å². The quantitative estimate of drug-likeness (QED) is 0.346. The van der Waals surface area contributed by atoms with Crippen molar-refractivity contribution >= 4 is 41.0 Å². The van der Waals surface area contributed by atoms with Crippen molar-refractivity contribution in [2.24, 2.45) is 0 Å². The number of carbonyl (C=O) groups is 3. The standard InChI is InChI=1S/C23H19Cl2N3O7/c24-14-6-3-4-12(8-14)9-26-20(32)17-19(31)18(21(33)27-10-16(29)30)23(35)28(22(17)34)11-13-5-1-2-7-15(13)25/h1-8,31,34H,9-11H2,(H,26,32)(H,27,33)(H,29,30)/p-1. The Morgan fingerprint density at radius 1 is 0.943 bits per heavy atom. The Morgan fingerprint density at radius 2 is 1.63 bits per heavy atom. The van der Waals surface area contributed by atoms with Crippen LogP contribution < -0.4 is 21.3 Å². The molecule has 3 aromatic rings. The molecule has 0 saturated carbocycles. The molecule has 0 spiro atoms.